The average Bonchev–Trinajstić information content (AvgIpc) is 2.85. The molecule has 1 fully saturated rings. The van der Waals surface area contributed by atoms with E-state index in [0.29, 0.717) is 6.04 Å². The van der Waals surface area contributed by atoms with E-state index < -0.39 is 0 Å². The molecule has 0 radical (unpaired) electrons. The summed E-state index contributed by atoms with van der Waals surface area (Å²) in [5.74, 6) is 1.24. The van der Waals surface area contributed by atoms with Crippen molar-refractivity contribution in [3.8, 4) is 0 Å². The smallest absolute Gasteiger partial charge is 0.107 e. The molecule has 1 aromatic heterocycles. The van der Waals surface area contributed by atoms with Crippen molar-refractivity contribution in [1.82, 2.24) is 10.3 Å². The minimum Gasteiger partial charge on any atom is -0.307 e. The lowest BCUT2D eigenvalue weighted by Crippen LogP contribution is -2.33. The van der Waals surface area contributed by atoms with Crippen LogP contribution in [-0.2, 0) is 6.54 Å². The van der Waals surface area contributed by atoms with Gasteiger partial charge in [-0.1, -0.05) is 13.3 Å². The van der Waals surface area contributed by atoms with E-state index >= 15 is 0 Å². The van der Waals surface area contributed by atoms with E-state index in [2.05, 4.69) is 41.3 Å². The quantitative estimate of drug-likeness (QED) is 0.875. The van der Waals surface area contributed by atoms with Crippen molar-refractivity contribution in [3.63, 3.8) is 0 Å². The normalized spacial score (nSPS) is 25.1. The Labute approximate surface area is 106 Å². The molecule has 0 amide bonds. The lowest BCUT2D eigenvalue weighted by atomic mass is 10.2. The first-order valence-electron chi connectivity index (χ1n) is 6.05. The van der Waals surface area contributed by atoms with Gasteiger partial charge in [0.1, 0.15) is 5.01 Å². The zero-order chi connectivity index (χ0) is 11.4. The Morgan fingerprint density at radius 1 is 1.56 bits per heavy atom. The first kappa shape index (κ1) is 12.4. The number of hydrogen-bond acceptors (Lipinski definition) is 4. The van der Waals surface area contributed by atoms with Gasteiger partial charge < -0.3 is 5.32 Å². The molecular formula is C12H20N2S2. The Bertz CT molecular complexity index is 325. The fourth-order valence-electron chi connectivity index (χ4n) is 2.28. The van der Waals surface area contributed by atoms with Crippen LogP contribution in [0.15, 0.2) is 5.38 Å². The highest BCUT2D eigenvalue weighted by Crippen LogP contribution is 2.30. The van der Waals surface area contributed by atoms with E-state index in [1.54, 1.807) is 11.3 Å². The summed E-state index contributed by atoms with van der Waals surface area (Å²) in [6.45, 7) is 5.26. The molecule has 1 heterocycles. The van der Waals surface area contributed by atoms with Gasteiger partial charge in [-0.25, -0.2) is 4.98 Å². The monoisotopic (exact) mass is 256 g/mol. The van der Waals surface area contributed by atoms with Crippen LogP contribution in [-0.4, -0.2) is 22.0 Å². The van der Waals surface area contributed by atoms with Gasteiger partial charge in [-0.15, -0.1) is 11.3 Å². The molecule has 0 aliphatic heterocycles. The van der Waals surface area contributed by atoms with E-state index in [1.165, 1.54) is 30.0 Å². The standard InChI is InChI=1S/C12H20N2S2/c1-3-15-11-6-4-5-10(11)13-7-12-14-9(2)8-16-12/h8,10-11,13H,3-7H2,1-2H3/t10-,11+/m1/s1. The fraction of sp³-hybridized carbons (Fsp3) is 0.750. The van der Waals surface area contributed by atoms with Crippen LogP contribution in [0.3, 0.4) is 0 Å². The van der Waals surface area contributed by atoms with Gasteiger partial charge in [-0.2, -0.15) is 11.8 Å². The summed E-state index contributed by atoms with van der Waals surface area (Å²) < 4.78 is 0. The second-order valence-corrected chi connectivity index (χ2v) is 6.75. The summed E-state index contributed by atoms with van der Waals surface area (Å²) >= 11 is 3.87. The third-order valence-corrected chi connectivity index (χ3v) is 5.31. The van der Waals surface area contributed by atoms with E-state index in [0.717, 1.165) is 17.5 Å². The van der Waals surface area contributed by atoms with Crippen molar-refractivity contribution >= 4 is 23.1 Å². The third kappa shape index (κ3) is 3.22. The lowest BCUT2D eigenvalue weighted by Gasteiger charge is -2.19. The van der Waals surface area contributed by atoms with Gasteiger partial charge in [0, 0.05) is 28.9 Å². The van der Waals surface area contributed by atoms with Crippen molar-refractivity contribution in [2.45, 2.75) is 50.9 Å². The number of aryl methyl sites for hydroxylation is 1. The van der Waals surface area contributed by atoms with Crippen LogP contribution < -0.4 is 5.32 Å². The molecule has 0 bridgehead atoms. The van der Waals surface area contributed by atoms with Crippen molar-refractivity contribution < 1.29 is 0 Å². The van der Waals surface area contributed by atoms with Gasteiger partial charge in [0.05, 0.1) is 0 Å². The molecule has 0 unspecified atom stereocenters. The molecular weight excluding hydrogens is 236 g/mol. The third-order valence-electron chi connectivity index (χ3n) is 3.02. The van der Waals surface area contributed by atoms with Gasteiger partial charge in [0.25, 0.3) is 0 Å². The van der Waals surface area contributed by atoms with Crippen LogP contribution in [0.5, 0.6) is 0 Å². The maximum Gasteiger partial charge on any atom is 0.107 e. The number of hydrogen-bond donors (Lipinski definition) is 1. The van der Waals surface area contributed by atoms with Gasteiger partial charge in [-0.3, -0.25) is 0 Å². The second-order valence-electron chi connectivity index (χ2n) is 4.29. The molecule has 90 valence electrons. The van der Waals surface area contributed by atoms with Crippen molar-refractivity contribution in [2.24, 2.45) is 0 Å². The Morgan fingerprint density at radius 2 is 2.44 bits per heavy atom. The van der Waals surface area contributed by atoms with Crippen LogP contribution >= 0.6 is 23.1 Å². The number of rotatable bonds is 5. The first-order chi connectivity index (χ1) is 7.79. The van der Waals surface area contributed by atoms with Crippen LogP contribution in [0, 0.1) is 6.92 Å². The molecule has 2 atom stereocenters. The minimum absolute atomic E-state index is 0.703. The SMILES string of the molecule is CCS[C@H]1CCC[C@H]1NCc1nc(C)cs1. The zero-order valence-electron chi connectivity index (χ0n) is 10.0. The first-order valence-corrected chi connectivity index (χ1v) is 7.98. The number of thioether (sulfide) groups is 1. The second kappa shape index (κ2) is 6.03. The predicted octanol–water partition coefficient (Wildman–Crippen LogP) is 3.22. The molecule has 0 aromatic carbocycles. The van der Waals surface area contributed by atoms with Crippen LogP contribution in [0.4, 0.5) is 0 Å². The van der Waals surface area contributed by atoms with Gasteiger partial charge >= 0.3 is 0 Å². The van der Waals surface area contributed by atoms with E-state index in [1.807, 2.05) is 0 Å². The predicted molar refractivity (Wildman–Crippen MR) is 73.2 cm³/mol. The maximum atomic E-state index is 4.49. The summed E-state index contributed by atoms with van der Waals surface area (Å²) in [4.78, 5) is 4.49. The van der Waals surface area contributed by atoms with Crippen molar-refractivity contribution in [3.05, 3.63) is 16.1 Å². The highest BCUT2D eigenvalue weighted by molar-refractivity contribution is 7.99. The molecule has 1 N–H and O–H groups in total. The van der Waals surface area contributed by atoms with Crippen molar-refractivity contribution in [2.75, 3.05) is 5.75 Å². The minimum atomic E-state index is 0.703. The van der Waals surface area contributed by atoms with Crippen molar-refractivity contribution in [1.29, 1.82) is 0 Å². The summed E-state index contributed by atoms with van der Waals surface area (Å²) in [5, 5.41) is 7.85. The number of thiazole rings is 1. The molecule has 16 heavy (non-hydrogen) atoms. The number of nitrogens with one attached hydrogen (secondary N) is 1. The van der Waals surface area contributed by atoms with Gasteiger partial charge in [0.15, 0.2) is 0 Å². The summed E-state index contributed by atoms with van der Waals surface area (Å²) in [6, 6.07) is 0.703. The Morgan fingerprint density at radius 3 is 3.12 bits per heavy atom. The molecule has 1 saturated carbocycles. The van der Waals surface area contributed by atoms with Crippen LogP contribution in [0.25, 0.3) is 0 Å². The fourth-order valence-corrected chi connectivity index (χ4v) is 4.22. The molecule has 4 heteroatoms. The Hall–Kier alpha value is -0.0600. The molecule has 1 aromatic rings. The van der Waals surface area contributed by atoms with E-state index in [4.69, 9.17) is 0 Å². The summed E-state index contributed by atoms with van der Waals surface area (Å²) in [6.07, 6.45) is 4.10. The molecule has 0 spiro atoms. The summed E-state index contributed by atoms with van der Waals surface area (Å²) in [7, 11) is 0. The number of aromatic nitrogens is 1. The molecule has 0 saturated heterocycles. The zero-order valence-corrected chi connectivity index (χ0v) is 11.7. The molecule has 2 nitrogen and oxygen atoms in total. The van der Waals surface area contributed by atoms with Gasteiger partial charge in [-0.05, 0) is 25.5 Å². The Balaban J connectivity index is 1.80. The summed E-state index contributed by atoms with van der Waals surface area (Å²) in [5.41, 5.74) is 1.15. The average molecular weight is 256 g/mol. The number of nitrogens with zero attached hydrogens (tertiary/aromatic N) is 1. The van der Waals surface area contributed by atoms with E-state index in [9.17, 15) is 0 Å². The Kier molecular flexibility index (Phi) is 4.67. The van der Waals surface area contributed by atoms with Gasteiger partial charge in [0.2, 0.25) is 0 Å². The van der Waals surface area contributed by atoms with Crippen LogP contribution in [0.1, 0.15) is 36.9 Å². The highest BCUT2D eigenvalue weighted by atomic mass is 32.2. The lowest BCUT2D eigenvalue weighted by molar-refractivity contribution is 0.531. The van der Waals surface area contributed by atoms with Crippen LogP contribution in [0.2, 0.25) is 0 Å². The molecule has 1 aliphatic carbocycles. The topological polar surface area (TPSA) is 24.9 Å². The molecule has 2 rings (SSSR count). The van der Waals surface area contributed by atoms with E-state index in [-0.39, 0.29) is 0 Å². The highest BCUT2D eigenvalue weighted by Gasteiger charge is 2.26. The maximum absolute atomic E-state index is 4.49. The largest absolute Gasteiger partial charge is 0.307 e. The molecule has 1 aliphatic rings.